The molecule has 0 spiro atoms. The lowest BCUT2D eigenvalue weighted by molar-refractivity contribution is -0.149. The van der Waals surface area contributed by atoms with E-state index in [0.29, 0.717) is 11.4 Å². The van der Waals surface area contributed by atoms with Gasteiger partial charge in [0.2, 0.25) is 0 Å². The topological polar surface area (TPSA) is 90.1 Å². The van der Waals surface area contributed by atoms with E-state index in [-0.39, 0.29) is 12.6 Å². The molecule has 0 fully saturated rings. The maximum atomic E-state index is 11.4. The fourth-order valence-electron chi connectivity index (χ4n) is 1.95. The zero-order valence-corrected chi connectivity index (χ0v) is 13.1. The molecule has 0 aliphatic rings. The molecule has 1 N–H and O–H groups in total. The van der Waals surface area contributed by atoms with Crippen molar-refractivity contribution in [2.45, 2.75) is 40.3 Å². The minimum Gasteiger partial charge on any atom is -0.485 e. The van der Waals surface area contributed by atoms with E-state index in [4.69, 9.17) is 4.74 Å². The van der Waals surface area contributed by atoms with Crippen LogP contribution in [0, 0.1) is 12.3 Å². The third-order valence-electron chi connectivity index (χ3n) is 3.95. The summed E-state index contributed by atoms with van der Waals surface area (Å²) in [6.45, 7) is 7.25. The fourth-order valence-corrected chi connectivity index (χ4v) is 1.95. The minimum atomic E-state index is -0.966. The van der Waals surface area contributed by atoms with Gasteiger partial charge < -0.3 is 9.84 Å². The summed E-state index contributed by atoms with van der Waals surface area (Å²) in [7, 11) is 0. The molecule has 0 bridgehead atoms. The molecule has 1 unspecified atom stereocenters. The van der Waals surface area contributed by atoms with Crippen molar-refractivity contribution in [1.82, 2.24) is 20.0 Å². The number of rotatable bonds is 6. The molecule has 2 heterocycles. The van der Waals surface area contributed by atoms with Gasteiger partial charge in [-0.2, -0.15) is 0 Å². The molecule has 0 amide bonds. The Balaban J connectivity index is 2.17. The molecule has 0 saturated heterocycles. The normalized spacial score (nSPS) is 12.9. The molecule has 118 valence electrons. The van der Waals surface area contributed by atoms with Crippen molar-refractivity contribution in [2.75, 3.05) is 0 Å². The molecule has 0 saturated carbocycles. The van der Waals surface area contributed by atoms with Gasteiger partial charge in [0, 0.05) is 6.20 Å². The Kier molecular flexibility index (Phi) is 4.44. The predicted molar refractivity (Wildman–Crippen MR) is 79.5 cm³/mol. The van der Waals surface area contributed by atoms with Gasteiger partial charge in [0.25, 0.3) is 0 Å². The molecule has 0 aromatic carbocycles. The van der Waals surface area contributed by atoms with Crippen molar-refractivity contribution < 1.29 is 14.6 Å². The molecule has 0 aliphatic heterocycles. The molecular weight excluding hydrogens is 284 g/mol. The second kappa shape index (κ2) is 6.13. The SMILES string of the molecule is Cc1ncccc1OCc1cnnn1C(C)C(C)(C)C(=O)O. The zero-order chi connectivity index (χ0) is 16.3. The van der Waals surface area contributed by atoms with Crippen molar-refractivity contribution in [2.24, 2.45) is 5.41 Å². The highest BCUT2D eigenvalue weighted by Gasteiger charge is 2.36. The molecule has 0 aliphatic carbocycles. The fraction of sp³-hybridized carbons (Fsp3) is 0.467. The largest absolute Gasteiger partial charge is 0.485 e. The number of carboxylic acids is 1. The predicted octanol–water partition coefficient (Wildman–Crippen LogP) is 2.23. The quantitative estimate of drug-likeness (QED) is 0.880. The molecule has 1 atom stereocenters. The first-order chi connectivity index (χ1) is 10.3. The van der Waals surface area contributed by atoms with Crippen molar-refractivity contribution >= 4 is 5.97 Å². The van der Waals surface area contributed by atoms with Crippen molar-refractivity contribution in [3.63, 3.8) is 0 Å². The van der Waals surface area contributed by atoms with E-state index in [1.165, 1.54) is 0 Å². The zero-order valence-electron chi connectivity index (χ0n) is 13.1. The van der Waals surface area contributed by atoms with Gasteiger partial charge in [0.05, 0.1) is 29.0 Å². The van der Waals surface area contributed by atoms with Crippen LogP contribution < -0.4 is 4.74 Å². The molecular formula is C15H20N4O3. The summed E-state index contributed by atoms with van der Waals surface area (Å²) >= 11 is 0. The van der Waals surface area contributed by atoms with Crippen LogP contribution in [0.1, 0.15) is 38.2 Å². The van der Waals surface area contributed by atoms with Gasteiger partial charge >= 0.3 is 5.97 Å². The van der Waals surface area contributed by atoms with Crippen LogP contribution >= 0.6 is 0 Å². The Morgan fingerprint density at radius 3 is 2.86 bits per heavy atom. The van der Waals surface area contributed by atoms with Crippen LogP contribution in [-0.4, -0.2) is 31.1 Å². The highest BCUT2D eigenvalue weighted by atomic mass is 16.5. The number of aromatic nitrogens is 4. The van der Waals surface area contributed by atoms with Crippen LogP contribution in [0.25, 0.3) is 0 Å². The minimum absolute atomic E-state index is 0.250. The Bertz CT molecular complexity index is 666. The summed E-state index contributed by atoms with van der Waals surface area (Å²) < 4.78 is 7.33. The number of hydrogen-bond donors (Lipinski definition) is 1. The van der Waals surface area contributed by atoms with Crippen LogP contribution in [0.2, 0.25) is 0 Å². The van der Waals surface area contributed by atoms with Crippen molar-refractivity contribution in [3.05, 3.63) is 35.9 Å². The number of carbonyl (C=O) groups is 1. The number of nitrogens with zero attached hydrogens (tertiary/aromatic N) is 4. The number of aliphatic carboxylic acids is 1. The summed E-state index contributed by atoms with van der Waals surface area (Å²) in [4.78, 5) is 15.6. The Morgan fingerprint density at radius 2 is 2.23 bits per heavy atom. The molecule has 0 radical (unpaired) electrons. The Hall–Kier alpha value is -2.44. The molecule has 7 heteroatoms. The number of hydrogen-bond acceptors (Lipinski definition) is 5. The van der Waals surface area contributed by atoms with Crippen LogP contribution in [-0.2, 0) is 11.4 Å². The first-order valence-electron chi connectivity index (χ1n) is 7.01. The van der Waals surface area contributed by atoms with Crippen LogP contribution in [0.4, 0.5) is 0 Å². The second-order valence-electron chi connectivity index (χ2n) is 5.75. The molecule has 7 nitrogen and oxygen atoms in total. The van der Waals surface area contributed by atoms with Crippen LogP contribution in [0.5, 0.6) is 5.75 Å². The standard InChI is InChI=1S/C15H20N4O3/c1-10-13(6-5-7-16-10)22-9-12-8-17-18-19(12)11(2)15(3,4)14(20)21/h5-8,11H,9H2,1-4H3,(H,20,21). The average molecular weight is 304 g/mol. The second-order valence-corrected chi connectivity index (χ2v) is 5.75. The molecule has 2 aromatic heterocycles. The smallest absolute Gasteiger partial charge is 0.311 e. The van der Waals surface area contributed by atoms with Gasteiger partial charge in [-0.25, -0.2) is 4.68 Å². The van der Waals surface area contributed by atoms with Gasteiger partial charge in [0.15, 0.2) is 0 Å². The summed E-state index contributed by atoms with van der Waals surface area (Å²) in [6.07, 6.45) is 3.28. The Labute approximate surface area is 128 Å². The lowest BCUT2D eigenvalue weighted by Crippen LogP contribution is -2.34. The lowest BCUT2D eigenvalue weighted by Gasteiger charge is -2.28. The number of aryl methyl sites for hydroxylation is 1. The van der Waals surface area contributed by atoms with Gasteiger partial charge in [0.1, 0.15) is 12.4 Å². The first kappa shape index (κ1) is 15.9. The van der Waals surface area contributed by atoms with E-state index >= 15 is 0 Å². The lowest BCUT2D eigenvalue weighted by atomic mass is 9.85. The number of ether oxygens (including phenoxy) is 1. The highest BCUT2D eigenvalue weighted by molar-refractivity contribution is 5.74. The van der Waals surface area contributed by atoms with Gasteiger partial charge in [-0.3, -0.25) is 9.78 Å². The summed E-state index contributed by atoms with van der Waals surface area (Å²) in [5.74, 6) is -0.203. The molecule has 2 rings (SSSR count). The van der Waals surface area contributed by atoms with E-state index in [1.54, 1.807) is 37.0 Å². The van der Waals surface area contributed by atoms with Crippen molar-refractivity contribution in [1.29, 1.82) is 0 Å². The maximum absolute atomic E-state index is 11.4. The number of pyridine rings is 1. The van der Waals surface area contributed by atoms with Gasteiger partial charge in [-0.05, 0) is 39.8 Å². The monoisotopic (exact) mass is 304 g/mol. The first-order valence-corrected chi connectivity index (χ1v) is 7.01. The van der Waals surface area contributed by atoms with Crippen LogP contribution in [0.15, 0.2) is 24.5 Å². The van der Waals surface area contributed by atoms with E-state index in [1.807, 2.05) is 19.9 Å². The van der Waals surface area contributed by atoms with E-state index in [2.05, 4.69) is 15.3 Å². The summed E-state index contributed by atoms with van der Waals surface area (Å²) in [5.41, 5.74) is 0.540. The number of carboxylic acid groups (broad SMARTS) is 1. The van der Waals surface area contributed by atoms with E-state index in [0.717, 1.165) is 5.69 Å². The molecule has 22 heavy (non-hydrogen) atoms. The Morgan fingerprint density at radius 1 is 1.50 bits per heavy atom. The van der Waals surface area contributed by atoms with E-state index in [9.17, 15) is 9.90 Å². The molecule has 2 aromatic rings. The van der Waals surface area contributed by atoms with Gasteiger partial charge in [-0.1, -0.05) is 5.21 Å². The third-order valence-corrected chi connectivity index (χ3v) is 3.95. The van der Waals surface area contributed by atoms with Crippen molar-refractivity contribution in [3.8, 4) is 5.75 Å². The van der Waals surface area contributed by atoms with E-state index < -0.39 is 11.4 Å². The maximum Gasteiger partial charge on any atom is 0.311 e. The van der Waals surface area contributed by atoms with Gasteiger partial charge in [-0.15, -0.1) is 5.10 Å². The summed E-state index contributed by atoms with van der Waals surface area (Å²) in [5, 5.41) is 17.2. The third kappa shape index (κ3) is 3.08. The highest BCUT2D eigenvalue weighted by Crippen LogP contribution is 2.31. The summed E-state index contributed by atoms with van der Waals surface area (Å²) in [6, 6.07) is 3.27. The van der Waals surface area contributed by atoms with Crippen LogP contribution in [0.3, 0.4) is 0 Å². The average Bonchev–Trinajstić information content (AvgIpc) is 2.93.